The summed E-state index contributed by atoms with van der Waals surface area (Å²) in [6.07, 6.45) is 0. The van der Waals surface area contributed by atoms with Crippen molar-refractivity contribution in [2.45, 2.75) is 22.8 Å². The van der Waals surface area contributed by atoms with Gasteiger partial charge in [0.05, 0.1) is 0 Å². The number of hydrogen-bond donors (Lipinski definition) is 1. The molecule has 2 aromatic carbocycles. The molecule has 1 nitrogen and oxygen atoms in total. The summed E-state index contributed by atoms with van der Waals surface area (Å²) in [5.74, 6) is -0.261. The smallest absolute Gasteiger partial charge is 0.123 e. The van der Waals surface area contributed by atoms with Crippen molar-refractivity contribution >= 4 is 23.4 Å². The largest absolute Gasteiger partial charge is 0.324 e. The van der Waals surface area contributed by atoms with E-state index in [1.54, 1.807) is 17.8 Å². The molecule has 2 N–H and O–H groups in total. The zero-order chi connectivity index (χ0) is 13.1. The normalized spacial score (nSPS) is 12.4. The molecule has 1 atom stereocenters. The number of hydrogen-bond acceptors (Lipinski definition) is 2. The van der Waals surface area contributed by atoms with Crippen molar-refractivity contribution < 1.29 is 4.39 Å². The van der Waals surface area contributed by atoms with Crippen molar-refractivity contribution in [3.63, 3.8) is 0 Å². The lowest BCUT2D eigenvalue weighted by atomic mass is 10.1. The molecule has 0 aliphatic rings. The summed E-state index contributed by atoms with van der Waals surface area (Å²) in [6.45, 7) is 1.85. The second-order valence-electron chi connectivity index (χ2n) is 4.03. The molecule has 0 saturated heterocycles. The van der Waals surface area contributed by atoms with Gasteiger partial charge in [0.15, 0.2) is 0 Å². The standard InChI is InChI=1S/C14H13ClFNS/c1-9(17)13-8-11(16)4-7-14(13)18-12-5-2-10(15)3-6-12/h2-9H,17H2,1H3. The van der Waals surface area contributed by atoms with Crippen LogP contribution >= 0.6 is 23.4 Å². The lowest BCUT2D eigenvalue weighted by Gasteiger charge is -2.12. The third kappa shape index (κ3) is 3.25. The molecule has 1 unspecified atom stereocenters. The molecular formula is C14H13ClFNS. The highest BCUT2D eigenvalue weighted by Crippen LogP contribution is 2.33. The van der Waals surface area contributed by atoms with E-state index in [9.17, 15) is 4.39 Å². The Morgan fingerprint density at radius 2 is 1.83 bits per heavy atom. The lowest BCUT2D eigenvalue weighted by Crippen LogP contribution is -2.06. The highest BCUT2D eigenvalue weighted by molar-refractivity contribution is 7.99. The van der Waals surface area contributed by atoms with Crippen LogP contribution in [0.25, 0.3) is 0 Å². The van der Waals surface area contributed by atoms with Crippen molar-refractivity contribution in [1.82, 2.24) is 0 Å². The van der Waals surface area contributed by atoms with Crippen LogP contribution in [0, 0.1) is 5.82 Å². The minimum atomic E-state index is -0.261. The SMILES string of the molecule is CC(N)c1cc(F)ccc1Sc1ccc(Cl)cc1. The second-order valence-corrected chi connectivity index (χ2v) is 5.58. The number of nitrogens with two attached hydrogens (primary N) is 1. The second kappa shape index (κ2) is 5.74. The minimum absolute atomic E-state index is 0.199. The molecule has 0 heterocycles. The highest BCUT2D eigenvalue weighted by atomic mass is 35.5. The van der Waals surface area contributed by atoms with Gasteiger partial charge in [-0.1, -0.05) is 23.4 Å². The number of rotatable bonds is 3. The Kier molecular flexibility index (Phi) is 4.27. The van der Waals surface area contributed by atoms with Gasteiger partial charge in [0, 0.05) is 20.9 Å². The van der Waals surface area contributed by atoms with Crippen LogP contribution in [0.3, 0.4) is 0 Å². The molecule has 0 fully saturated rings. The van der Waals surface area contributed by atoms with Crippen molar-refractivity contribution in [2.75, 3.05) is 0 Å². The Hall–Kier alpha value is -1.03. The van der Waals surface area contributed by atoms with Gasteiger partial charge in [-0.05, 0) is 55.0 Å². The zero-order valence-electron chi connectivity index (χ0n) is 9.86. The fourth-order valence-corrected chi connectivity index (χ4v) is 2.75. The number of benzene rings is 2. The fraction of sp³-hybridized carbons (Fsp3) is 0.143. The maximum Gasteiger partial charge on any atom is 0.123 e. The molecule has 94 valence electrons. The third-order valence-electron chi connectivity index (χ3n) is 2.50. The predicted octanol–water partition coefficient (Wildman–Crippen LogP) is 4.65. The molecule has 0 bridgehead atoms. The molecule has 0 spiro atoms. The topological polar surface area (TPSA) is 26.0 Å². The first-order valence-electron chi connectivity index (χ1n) is 5.54. The highest BCUT2D eigenvalue weighted by Gasteiger charge is 2.09. The molecule has 0 amide bonds. The van der Waals surface area contributed by atoms with E-state index in [0.717, 1.165) is 15.4 Å². The van der Waals surface area contributed by atoms with Gasteiger partial charge in [-0.2, -0.15) is 0 Å². The van der Waals surface area contributed by atoms with Crippen molar-refractivity contribution in [1.29, 1.82) is 0 Å². The summed E-state index contributed by atoms with van der Waals surface area (Å²) in [6, 6.07) is 12.0. The maximum atomic E-state index is 13.2. The van der Waals surface area contributed by atoms with E-state index in [2.05, 4.69) is 0 Å². The van der Waals surface area contributed by atoms with Crippen LogP contribution in [0.2, 0.25) is 5.02 Å². The van der Waals surface area contributed by atoms with Gasteiger partial charge < -0.3 is 5.73 Å². The Bertz CT molecular complexity index is 540. The summed E-state index contributed by atoms with van der Waals surface area (Å²) in [5.41, 5.74) is 6.67. The van der Waals surface area contributed by atoms with Gasteiger partial charge in [0.25, 0.3) is 0 Å². The van der Waals surface area contributed by atoms with Gasteiger partial charge in [0.2, 0.25) is 0 Å². The van der Waals surface area contributed by atoms with Crippen LogP contribution in [-0.4, -0.2) is 0 Å². The first-order chi connectivity index (χ1) is 8.56. The molecule has 0 saturated carbocycles. The summed E-state index contributed by atoms with van der Waals surface area (Å²) < 4.78 is 13.2. The molecule has 0 aliphatic carbocycles. The maximum absolute atomic E-state index is 13.2. The van der Waals surface area contributed by atoms with Crippen LogP contribution in [0.4, 0.5) is 4.39 Å². The molecule has 18 heavy (non-hydrogen) atoms. The Labute approximate surface area is 115 Å². The van der Waals surface area contributed by atoms with Crippen LogP contribution in [0.5, 0.6) is 0 Å². The molecule has 0 aromatic heterocycles. The van der Waals surface area contributed by atoms with Crippen molar-refractivity contribution in [2.24, 2.45) is 5.73 Å². The summed E-state index contributed by atoms with van der Waals surface area (Å²) >= 11 is 7.39. The molecule has 0 radical (unpaired) electrons. The Morgan fingerprint density at radius 1 is 1.17 bits per heavy atom. The average molecular weight is 282 g/mol. The Morgan fingerprint density at radius 3 is 2.44 bits per heavy atom. The summed E-state index contributed by atoms with van der Waals surface area (Å²) in [7, 11) is 0. The quantitative estimate of drug-likeness (QED) is 0.886. The van der Waals surface area contributed by atoms with Crippen LogP contribution in [0.15, 0.2) is 52.3 Å². The van der Waals surface area contributed by atoms with E-state index in [0.29, 0.717) is 5.02 Å². The van der Waals surface area contributed by atoms with E-state index in [1.165, 1.54) is 12.1 Å². The van der Waals surface area contributed by atoms with Gasteiger partial charge in [-0.15, -0.1) is 0 Å². The summed E-state index contributed by atoms with van der Waals surface area (Å²) in [5, 5.41) is 0.700. The van der Waals surface area contributed by atoms with Crippen LogP contribution in [0.1, 0.15) is 18.5 Å². The van der Waals surface area contributed by atoms with Gasteiger partial charge in [-0.25, -0.2) is 4.39 Å². The monoisotopic (exact) mass is 281 g/mol. The summed E-state index contributed by atoms with van der Waals surface area (Å²) in [4.78, 5) is 2.02. The van der Waals surface area contributed by atoms with Crippen LogP contribution in [-0.2, 0) is 0 Å². The van der Waals surface area contributed by atoms with E-state index < -0.39 is 0 Å². The third-order valence-corrected chi connectivity index (χ3v) is 3.86. The number of halogens is 2. The first-order valence-corrected chi connectivity index (χ1v) is 6.74. The first kappa shape index (κ1) is 13.4. The van der Waals surface area contributed by atoms with E-state index >= 15 is 0 Å². The van der Waals surface area contributed by atoms with E-state index in [4.69, 9.17) is 17.3 Å². The van der Waals surface area contributed by atoms with Crippen molar-refractivity contribution in [3.05, 3.63) is 58.9 Å². The molecule has 2 rings (SSSR count). The minimum Gasteiger partial charge on any atom is -0.324 e. The van der Waals surface area contributed by atoms with Crippen molar-refractivity contribution in [3.8, 4) is 0 Å². The van der Waals surface area contributed by atoms with Gasteiger partial charge >= 0.3 is 0 Å². The molecule has 4 heteroatoms. The van der Waals surface area contributed by atoms with E-state index in [-0.39, 0.29) is 11.9 Å². The Balaban J connectivity index is 2.31. The molecule has 0 aliphatic heterocycles. The van der Waals surface area contributed by atoms with Crippen LogP contribution < -0.4 is 5.73 Å². The predicted molar refractivity (Wildman–Crippen MR) is 74.6 cm³/mol. The fourth-order valence-electron chi connectivity index (χ4n) is 1.60. The zero-order valence-corrected chi connectivity index (χ0v) is 11.4. The molecule has 2 aromatic rings. The van der Waals surface area contributed by atoms with Gasteiger partial charge in [-0.3, -0.25) is 0 Å². The average Bonchev–Trinajstić information content (AvgIpc) is 2.34. The molecular weight excluding hydrogens is 269 g/mol. The lowest BCUT2D eigenvalue weighted by molar-refractivity contribution is 0.619. The van der Waals surface area contributed by atoms with E-state index in [1.807, 2.05) is 31.2 Å². The van der Waals surface area contributed by atoms with Gasteiger partial charge in [0.1, 0.15) is 5.82 Å².